The Hall–Kier alpha value is -3.93. The lowest BCUT2D eigenvalue weighted by Gasteiger charge is -2.18. The van der Waals surface area contributed by atoms with Crippen LogP contribution in [0.1, 0.15) is 175 Å². The van der Waals surface area contributed by atoms with Crippen molar-refractivity contribution >= 4 is 17.9 Å². The molecule has 0 rings (SSSR count). The highest BCUT2D eigenvalue weighted by atomic mass is 16.6. The monoisotopic (exact) mass is 789 g/mol. The van der Waals surface area contributed by atoms with Crippen LogP contribution in [0.5, 0.6) is 0 Å². The van der Waals surface area contributed by atoms with Crippen molar-refractivity contribution in [3.8, 4) is 0 Å². The summed E-state index contributed by atoms with van der Waals surface area (Å²) in [7, 11) is 0. The van der Waals surface area contributed by atoms with E-state index in [2.05, 4.69) is 69.4 Å². The fourth-order valence-corrected chi connectivity index (χ4v) is 5.57. The largest absolute Gasteiger partial charge is 0.462 e. The van der Waals surface area contributed by atoms with E-state index in [1.54, 1.807) is 6.08 Å². The Morgan fingerprint density at radius 2 is 0.842 bits per heavy atom. The lowest BCUT2D eigenvalue weighted by molar-refractivity contribution is -0.166. The van der Waals surface area contributed by atoms with Crippen LogP contribution < -0.4 is 0 Å². The van der Waals surface area contributed by atoms with Crippen LogP contribution in [-0.4, -0.2) is 37.2 Å². The first-order chi connectivity index (χ1) is 28.0. The zero-order valence-corrected chi connectivity index (χ0v) is 36.3. The summed E-state index contributed by atoms with van der Waals surface area (Å²) in [5, 5.41) is 0. The van der Waals surface area contributed by atoms with Gasteiger partial charge in [0.2, 0.25) is 0 Å². The minimum atomic E-state index is -0.833. The smallest absolute Gasteiger partial charge is 0.309 e. The standard InChI is InChI=1S/C51H80O6/c1-4-7-10-13-16-19-21-23-25-27-29-32-35-38-41-44-50(53)56-47-48(46-55-49(52)43-40-37-34-31-18-15-12-9-6-3)57-51(54)45-42-39-36-33-30-28-26-24-22-20-17-14-11-8-5-2/h7,9-10,12-13,16,18-23,25,27,29,31,37,40,48H,4-6,8,11,14-15,17,24,26,28,30,32-36,38-39,41-47H2,1-3H3/b10-7-,12-9-,16-13-,21-19-,22-20-,25-23-,29-27-,31-18-,40-37-. The van der Waals surface area contributed by atoms with Gasteiger partial charge in [-0.1, -0.05) is 188 Å². The first-order valence-electron chi connectivity index (χ1n) is 22.5. The van der Waals surface area contributed by atoms with Gasteiger partial charge in [-0.2, -0.15) is 0 Å². The number of hydrogen-bond acceptors (Lipinski definition) is 6. The summed E-state index contributed by atoms with van der Waals surface area (Å²) >= 11 is 0. The topological polar surface area (TPSA) is 78.9 Å². The van der Waals surface area contributed by atoms with Crippen molar-refractivity contribution in [1.82, 2.24) is 0 Å². The number of unbranched alkanes of at least 4 members (excludes halogenated alkanes) is 14. The van der Waals surface area contributed by atoms with Crippen LogP contribution in [0.2, 0.25) is 0 Å². The molecule has 0 spiro atoms. The number of ether oxygens (including phenoxy) is 3. The van der Waals surface area contributed by atoms with Crippen LogP contribution in [0.3, 0.4) is 0 Å². The van der Waals surface area contributed by atoms with Crippen molar-refractivity contribution in [3.63, 3.8) is 0 Å². The van der Waals surface area contributed by atoms with Crippen molar-refractivity contribution < 1.29 is 28.6 Å². The molecule has 0 saturated heterocycles. The molecule has 1 atom stereocenters. The molecule has 0 radical (unpaired) electrons. The average molecular weight is 789 g/mol. The number of carbonyl (C=O) groups excluding carboxylic acids is 3. The Morgan fingerprint density at radius 1 is 0.404 bits per heavy atom. The van der Waals surface area contributed by atoms with E-state index in [9.17, 15) is 14.4 Å². The highest BCUT2D eigenvalue weighted by Crippen LogP contribution is 2.12. The van der Waals surface area contributed by atoms with Crippen molar-refractivity contribution in [3.05, 3.63) is 109 Å². The summed E-state index contributed by atoms with van der Waals surface area (Å²) in [5.41, 5.74) is 0. The molecule has 0 aliphatic carbocycles. The SMILES string of the molecule is CC\C=C/C=C\C=C/C=C\C=C/CCCCCC(=O)OCC(COC(=O)C/C=C\C/C=C\C/C=C\CC)OC(=O)CCCCCCCCC/C=C\CCCCCC. The molecule has 0 saturated carbocycles. The zero-order valence-electron chi connectivity index (χ0n) is 36.3. The summed E-state index contributed by atoms with van der Waals surface area (Å²) in [6, 6.07) is 0. The second kappa shape index (κ2) is 44.8. The number of hydrogen-bond donors (Lipinski definition) is 0. The second-order valence-corrected chi connectivity index (χ2v) is 14.3. The van der Waals surface area contributed by atoms with Crippen LogP contribution in [0.4, 0.5) is 0 Å². The summed E-state index contributed by atoms with van der Waals surface area (Å²) in [6.07, 6.45) is 59.6. The number of rotatable bonds is 38. The molecule has 6 nitrogen and oxygen atoms in total. The van der Waals surface area contributed by atoms with E-state index in [1.807, 2.05) is 54.7 Å². The fourth-order valence-electron chi connectivity index (χ4n) is 5.57. The Balaban J connectivity index is 4.53. The normalized spacial score (nSPS) is 13.1. The van der Waals surface area contributed by atoms with E-state index in [0.717, 1.165) is 70.6 Å². The quantitative estimate of drug-likeness (QED) is 0.0204. The highest BCUT2D eigenvalue weighted by molar-refractivity contribution is 5.72. The van der Waals surface area contributed by atoms with E-state index >= 15 is 0 Å². The van der Waals surface area contributed by atoms with E-state index < -0.39 is 12.1 Å². The van der Waals surface area contributed by atoms with Gasteiger partial charge in [-0.25, -0.2) is 0 Å². The van der Waals surface area contributed by atoms with Gasteiger partial charge in [0.05, 0.1) is 6.42 Å². The first kappa shape index (κ1) is 53.1. The van der Waals surface area contributed by atoms with Gasteiger partial charge in [0.25, 0.3) is 0 Å². The predicted octanol–water partition coefficient (Wildman–Crippen LogP) is 14.4. The number of esters is 3. The molecule has 0 heterocycles. The summed E-state index contributed by atoms with van der Waals surface area (Å²) in [5.74, 6) is -1.11. The third kappa shape index (κ3) is 43.0. The molecule has 0 aromatic carbocycles. The van der Waals surface area contributed by atoms with Gasteiger partial charge in [0.15, 0.2) is 6.10 Å². The summed E-state index contributed by atoms with van der Waals surface area (Å²) in [4.78, 5) is 37.6. The van der Waals surface area contributed by atoms with E-state index in [4.69, 9.17) is 14.2 Å². The van der Waals surface area contributed by atoms with Gasteiger partial charge < -0.3 is 14.2 Å². The number of allylic oxidation sites excluding steroid dienone is 17. The molecule has 57 heavy (non-hydrogen) atoms. The maximum absolute atomic E-state index is 12.7. The molecule has 0 aliphatic heterocycles. The third-order valence-electron chi connectivity index (χ3n) is 8.90. The molecule has 0 bridgehead atoms. The first-order valence-corrected chi connectivity index (χ1v) is 22.5. The highest BCUT2D eigenvalue weighted by Gasteiger charge is 2.19. The third-order valence-corrected chi connectivity index (χ3v) is 8.90. The molecule has 0 aromatic rings. The minimum Gasteiger partial charge on any atom is -0.462 e. The Morgan fingerprint density at radius 3 is 1.44 bits per heavy atom. The van der Waals surface area contributed by atoms with Crippen LogP contribution in [-0.2, 0) is 28.6 Å². The summed E-state index contributed by atoms with van der Waals surface area (Å²) in [6.45, 7) is 6.19. The van der Waals surface area contributed by atoms with Crippen molar-refractivity contribution in [2.45, 2.75) is 181 Å². The van der Waals surface area contributed by atoms with Crippen LogP contribution in [0, 0.1) is 0 Å². The fraction of sp³-hybridized carbons (Fsp3) is 0.588. The van der Waals surface area contributed by atoms with E-state index in [1.165, 1.54) is 64.2 Å². The maximum Gasteiger partial charge on any atom is 0.309 e. The van der Waals surface area contributed by atoms with Crippen LogP contribution >= 0.6 is 0 Å². The van der Waals surface area contributed by atoms with Gasteiger partial charge in [-0.15, -0.1) is 0 Å². The van der Waals surface area contributed by atoms with Gasteiger partial charge >= 0.3 is 17.9 Å². The van der Waals surface area contributed by atoms with E-state index in [0.29, 0.717) is 12.8 Å². The lowest BCUT2D eigenvalue weighted by atomic mass is 10.1. The second-order valence-electron chi connectivity index (χ2n) is 14.3. The van der Waals surface area contributed by atoms with Gasteiger partial charge in [0, 0.05) is 12.8 Å². The Labute approximate surface area is 349 Å². The molecule has 0 N–H and O–H groups in total. The van der Waals surface area contributed by atoms with Crippen molar-refractivity contribution in [1.29, 1.82) is 0 Å². The zero-order chi connectivity index (χ0) is 41.5. The molecule has 320 valence electrons. The Kier molecular flexibility index (Phi) is 41.7. The molecular formula is C51H80O6. The molecule has 0 fully saturated rings. The van der Waals surface area contributed by atoms with Crippen LogP contribution in [0.25, 0.3) is 0 Å². The molecular weight excluding hydrogens is 709 g/mol. The van der Waals surface area contributed by atoms with Crippen LogP contribution in [0.15, 0.2) is 109 Å². The average Bonchev–Trinajstić information content (AvgIpc) is 3.21. The summed E-state index contributed by atoms with van der Waals surface area (Å²) < 4.78 is 16.5. The Bertz CT molecular complexity index is 1230. The lowest BCUT2D eigenvalue weighted by Crippen LogP contribution is -2.30. The van der Waals surface area contributed by atoms with Gasteiger partial charge in [0.1, 0.15) is 13.2 Å². The van der Waals surface area contributed by atoms with Crippen molar-refractivity contribution in [2.24, 2.45) is 0 Å². The van der Waals surface area contributed by atoms with Gasteiger partial charge in [-0.3, -0.25) is 14.4 Å². The maximum atomic E-state index is 12.7. The van der Waals surface area contributed by atoms with Crippen molar-refractivity contribution in [2.75, 3.05) is 13.2 Å². The number of carbonyl (C=O) groups is 3. The molecule has 0 amide bonds. The van der Waals surface area contributed by atoms with Gasteiger partial charge in [-0.05, 0) is 77.0 Å². The predicted molar refractivity (Wildman–Crippen MR) is 242 cm³/mol. The molecule has 1 unspecified atom stereocenters. The molecule has 6 heteroatoms. The molecule has 0 aliphatic rings. The van der Waals surface area contributed by atoms with E-state index in [-0.39, 0.29) is 31.6 Å². The molecule has 0 aromatic heterocycles. The minimum absolute atomic E-state index is 0.122.